The molecular formula is C17H21N5O2. The van der Waals surface area contributed by atoms with Crippen LogP contribution in [0.4, 0.5) is 5.82 Å². The summed E-state index contributed by atoms with van der Waals surface area (Å²) in [6.07, 6.45) is -0.299. The second kappa shape index (κ2) is 7.85. The van der Waals surface area contributed by atoms with Crippen LogP contribution >= 0.6 is 0 Å². The minimum absolute atomic E-state index is 0.299. The molecule has 0 spiro atoms. The van der Waals surface area contributed by atoms with Crippen molar-refractivity contribution >= 4 is 11.5 Å². The minimum atomic E-state index is -0.299. The Morgan fingerprint density at radius 2 is 1.75 bits per heavy atom. The van der Waals surface area contributed by atoms with Gasteiger partial charge in [0.15, 0.2) is 17.8 Å². The summed E-state index contributed by atoms with van der Waals surface area (Å²) in [5.74, 6) is 1.42. The maximum absolute atomic E-state index is 5.53. The average molecular weight is 327 g/mol. The second-order valence-electron chi connectivity index (χ2n) is 5.10. The zero-order chi connectivity index (χ0) is 16.8. The maximum atomic E-state index is 5.53. The van der Waals surface area contributed by atoms with Crippen LogP contribution in [0.15, 0.2) is 42.5 Å². The van der Waals surface area contributed by atoms with Crippen LogP contribution in [0, 0.1) is 0 Å². The van der Waals surface area contributed by atoms with Gasteiger partial charge in [-0.2, -0.15) is 4.52 Å². The van der Waals surface area contributed by atoms with Gasteiger partial charge in [-0.1, -0.05) is 30.3 Å². The van der Waals surface area contributed by atoms with Gasteiger partial charge in [0, 0.05) is 18.8 Å². The Hall–Kier alpha value is -2.51. The molecule has 0 atom stereocenters. The Labute approximate surface area is 140 Å². The fraction of sp³-hybridized carbons (Fsp3) is 0.353. The molecule has 2 aromatic heterocycles. The van der Waals surface area contributed by atoms with Crippen molar-refractivity contribution in [2.45, 2.75) is 20.1 Å². The highest BCUT2D eigenvalue weighted by Crippen LogP contribution is 2.17. The van der Waals surface area contributed by atoms with Crippen LogP contribution in [0.5, 0.6) is 0 Å². The van der Waals surface area contributed by atoms with E-state index in [1.165, 1.54) is 0 Å². The van der Waals surface area contributed by atoms with Gasteiger partial charge in [0.1, 0.15) is 5.82 Å². The van der Waals surface area contributed by atoms with E-state index in [1.807, 2.05) is 56.3 Å². The summed E-state index contributed by atoms with van der Waals surface area (Å²) in [6, 6.07) is 13.6. The zero-order valence-electron chi connectivity index (χ0n) is 13.8. The molecule has 24 heavy (non-hydrogen) atoms. The van der Waals surface area contributed by atoms with E-state index < -0.39 is 0 Å². The molecule has 1 N–H and O–H groups in total. The van der Waals surface area contributed by atoms with Crippen molar-refractivity contribution in [3.8, 4) is 11.4 Å². The summed E-state index contributed by atoms with van der Waals surface area (Å²) in [4.78, 5) is 0. The van der Waals surface area contributed by atoms with Crippen LogP contribution in [0.1, 0.15) is 13.8 Å². The molecule has 0 saturated carbocycles. The first-order valence-corrected chi connectivity index (χ1v) is 8.06. The first-order valence-electron chi connectivity index (χ1n) is 8.06. The highest BCUT2D eigenvalue weighted by molar-refractivity contribution is 5.59. The Bertz CT molecular complexity index is 769. The third kappa shape index (κ3) is 3.69. The lowest BCUT2D eigenvalue weighted by Crippen LogP contribution is -2.27. The lowest BCUT2D eigenvalue weighted by molar-refractivity contribution is -0.126. The topological polar surface area (TPSA) is 73.6 Å². The lowest BCUT2D eigenvalue weighted by atomic mass is 10.2. The molecule has 0 aliphatic carbocycles. The molecule has 0 bridgehead atoms. The number of rotatable bonds is 8. The Morgan fingerprint density at radius 1 is 1.00 bits per heavy atom. The van der Waals surface area contributed by atoms with Crippen LogP contribution in [-0.2, 0) is 9.47 Å². The maximum Gasteiger partial charge on any atom is 0.185 e. The van der Waals surface area contributed by atoms with E-state index in [2.05, 4.69) is 20.6 Å². The normalized spacial score (nSPS) is 11.3. The first kappa shape index (κ1) is 16.4. The van der Waals surface area contributed by atoms with Crippen molar-refractivity contribution in [3.05, 3.63) is 42.5 Å². The molecule has 7 nitrogen and oxygen atoms in total. The third-order valence-electron chi connectivity index (χ3n) is 3.45. The molecule has 3 aromatic rings. The van der Waals surface area contributed by atoms with Crippen molar-refractivity contribution in [2.75, 3.05) is 25.1 Å². The molecule has 0 aliphatic rings. The van der Waals surface area contributed by atoms with Crippen molar-refractivity contribution < 1.29 is 9.47 Å². The van der Waals surface area contributed by atoms with Gasteiger partial charge < -0.3 is 14.8 Å². The van der Waals surface area contributed by atoms with Gasteiger partial charge in [-0.3, -0.25) is 0 Å². The molecule has 7 heteroatoms. The summed E-state index contributed by atoms with van der Waals surface area (Å²) < 4.78 is 12.8. The van der Waals surface area contributed by atoms with Crippen molar-refractivity contribution in [1.82, 2.24) is 19.8 Å². The first-order chi connectivity index (χ1) is 11.8. The van der Waals surface area contributed by atoms with E-state index in [0.29, 0.717) is 37.0 Å². The number of fused-ring (bicyclic) bond motifs is 1. The summed E-state index contributed by atoms with van der Waals surface area (Å²) in [6.45, 7) is 5.60. The summed E-state index contributed by atoms with van der Waals surface area (Å²) >= 11 is 0. The van der Waals surface area contributed by atoms with Gasteiger partial charge in [-0.05, 0) is 26.0 Å². The van der Waals surface area contributed by atoms with Crippen molar-refractivity contribution in [1.29, 1.82) is 0 Å². The number of ether oxygens (including phenoxy) is 2. The highest BCUT2D eigenvalue weighted by Gasteiger charge is 2.11. The smallest absolute Gasteiger partial charge is 0.185 e. The molecule has 0 fully saturated rings. The van der Waals surface area contributed by atoms with Crippen LogP contribution in [0.3, 0.4) is 0 Å². The standard InChI is InChI=1S/C17H21N5O2/c1-3-23-16(24-4-2)12-18-14-10-11-15-19-20-17(22(15)21-14)13-8-6-5-7-9-13/h5-11,16H,3-4,12H2,1-2H3,(H,18,21). The van der Waals surface area contributed by atoms with E-state index in [-0.39, 0.29) is 6.29 Å². The fourth-order valence-electron chi connectivity index (χ4n) is 2.38. The number of nitrogens with zero attached hydrogens (tertiary/aromatic N) is 4. The number of nitrogens with one attached hydrogen (secondary N) is 1. The largest absolute Gasteiger partial charge is 0.364 e. The quantitative estimate of drug-likeness (QED) is 0.641. The molecule has 1 aromatic carbocycles. The van der Waals surface area contributed by atoms with Crippen molar-refractivity contribution in [3.63, 3.8) is 0 Å². The van der Waals surface area contributed by atoms with Gasteiger partial charge in [0.05, 0.1) is 6.54 Å². The monoisotopic (exact) mass is 327 g/mol. The fourth-order valence-corrected chi connectivity index (χ4v) is 2.38. The van der Waals surface area contributed by atoms with Crippen LogP contribution in [0.2, 0.25) is 0 Å². The van der Waals surface area contributed by atoms with Gasteiger partial charge >= 0.3 is 0 Å². The molecule has 0 aliphatic heterocycles. The number of hydrogen-bond acceptors (Lipinski definition) is 6. The predicted octanol–water partition coefficient (Wildman–Crippen LogP) is 2.60. The predicted molar refractivity (Wildman–Crippen MR) is 91.7 cm³/mol. The van der Waals surface area contributed by atoms with Gasteiger partial charge in [0.2, 0.25) is 0 Å². The van der Waals surface area contributed by atoms with Gasteiger partial charge in [-0.15, -0.1) is 15.3 Å². The molecule has 3 rings (SSSR count). The van der Waals surface area contributed by atoms with E-state index >= 15 is 0 Å². The molecule has 0 radical (unpaired) electrons. The van der Waals surface area contributed by atoms with Crippen molar-refractivity contribution in [2.24, 2.45) is 0 Å². The summed E-state index contributed by atoms with van der Waals surface area (Å²) in [5, 5.41) is 16.2. The molecule has 0 saturated heterocycles. The Balaban J connectivity index is 1.80. The second-order valence-corrected chi connectivity index (χ2v) is 5.10. The molecule has 2 heterocycles. The van der Waals surface area contributed by atoms with E-state index in [4.69, 9.17) is 9.47 Å². The van der Waals surface area contributed by atoms with Gasteiger partial charge in [0.25, 0.3) is 0 Å². The molecule has 0 unspecified atom stereocenters. The van der Waals surface area contributed by atoms with Crippen LogP contribution in [-0.4, -0.2) is 45.9 Å². The van der Waals surface area contributed by atoms with Crippen LogP contribution in [0.25, 0.3) is 17.0 Å². The number of anilines is 1. The van der Waals surface area contributed by atoms with E-state index in [1.54, 1.807) is 4.52 Å². The average Bonchev–Trinajstić information content (AvgIpc) is 3.04. The lowest BCUT2D eigenvalue weighted by Gasteiger charge is -2.17. The molecular weight excluding hydrogens is 306 g/mol. The number of benzene rings is 1. The number of hydrogen-bond donors (Lipinski definition) is 1. The van der Waals surface area contributed by atoms with Gasteiger partial charge in [-0.25, -0.2) is 0 Å². The highest BCUT2D eigenvalue weighted by atomic mass is 16.7. The minimum Gasteiger partial charge on any atom is -0.364 e. The van der Waals surface area contributed by atoms with E-state index in [0.717, 1.165) is 5.56 Å². The third-order valence-corrected chi connectivity index (χ3v) is 3.45. The summed E-state index contributed by atoms with van der Waals surface area (Å²) in [5.41, 5.74) is 1.67. The molecule has 126 valence electrons. The van der Waals surface area contributed by atoms with Crippen LogP contribution < -0.4 is 5.32 Å². The summed E-state index contributed by atoms with van der Waals surface area (Å²) in [7, 11) is 0. The zero-order valence-corrected chi connectivity index (χ0v) is 13.8. The Kier molecular flexibility index (Phi) is 5.35. The van der Waals surface area contributed by atoms with E-state index in [9.17, 15) is 0 Å². The SMILES string of the molecule is CCOC(CNc1ccc2nnc(-c3ccccc3)n2n1)OCC. The number of aromatic nitrogens is 4. The molecule has 0 amide bonds. The Morgan fingerprint density at radius 3 is 2.46 bits per heavy atom.